The van der Waals surface area contributed by atoms with Crippen LogP contribution in [0, 0.1) is 0 Å². The van der Waals surface area contributed by atoms with Crippen LogP contribution in [-0.2, 0) is 0 Å². The molecule has 0 unspecified atom stereocenters. The largest absolute Gasteiger partial charge is 0.296 e. The summed E-state index contributed by atoms with van der Waals surface area (Å²) >= 11 is 7.80. The van der Waals surface area contributed by atoms with Gasteiger partial charge in [0.25, 0.3) is 5.91 Å². The minimum absolute atomic E-state index is 0.254. The second kappa shape index (κ2) is 8.30. The van der Waals surface area contributed by atoms with Crippen LogP contribution >= 0.6 is 50.4 Å². The predicted octanol–water partition coefficient (Wildman–Crippen LogP) is 5.83. The molecule has 0 bridgehead atoms. The van der Waals surface area contributed by atoms with E-state index >= 15 is 0 Å². The van der Waals surface area contributed by atoms with Crippen LogP contribution in [-0.4, -0.2) is 21.1 Å². The minimum Gasteiger partial charge on any atom is -0.296 e. The van der Waals surface area contributed by atoms with E-state index in [2.05, 4.69) is 36.4 Å². The van der Waals surface area contributed by atoms with Gasteiger partial charge in [0, 0.05) is 26.5 Å². The third-order valence-electron chi connectivity index (χ3n) is 3.46. The van der Waals surface area contributed by atoms with Crippen molar-refractivity contribution in [3.63, 3.8) is 0 Å². The quantitative estimate of drug-likeness (QED) is 0.394. The lowest BCUT2D eigenvalue weighted by molar-refractivity contribution is 0.102. The Balaban J connectivity index is 1.53. The molecule has 0 saturated carbocycles. The van der Waals surface area contributed by atoms with Gasteiger partial charge in [-0.25, -0.2) is 4.98 Å². The highest BCUT2D eigenvalue weighted by molar-refractivity contribution is 9.10. The molecule has 0 atom stereocenters. The van der Waals surface area contributed by atoms with Crippen molar-refractivity contribution >= 4 is 61.4 Å². The maximum absolute atomic E-state index is 12.7. The van der Waals surface area contributed by atoms with Crippen LogP contribution in [0.3, 0.4) is 0 Å². The van der Waals surface area contributed by atoms with Gasteiger partial charge in [0.1, 0.15) is 10.0 Å². The zero-order valence-electron chi connectivity index (χ0n) is 13.6. The van der Waals surface area contributed by atoms with Crippen LogP contribution in [0.25, 0.3) is 10.6 Å². The van der Waals surface area contributed by atoms with Gasteiger partial charge >= 0.3 is 0 Å². The Morgan fingerprint density at radius 1 is 1.11 bits per heavy atom. The number of hydrogen-bond acceptors (Lipinski definition) is 7. The highest BCUT2D eigenvalue weighted by Crippen LogP contribution is 2.31. The number of nitrogens with zero attached hydrogens (tertiary/aromatic N) is 3. The molecule has 3 aromatic heterocycles. The summed E-state index contributed by atoms with van der Waals surface area (Å²) in [6.07, 6.45) is 1.68. The molecule has 1 aromatic carbocycles. The fraction of sp³-hybridized carbons (Fsp3) is 0. The number of thiophene rings is 1. The van der Waals surface area contributed by atoms with Gasteiger partial charge < -0.3 is 0 Å². The van der Waals surface area contributed by atoms with Gasteiger partial charge in [0.05, 0.1) is 5.56 Å². The number of halogens is 1. The summed E-state index contributed by atoms with van der Waals surface area (Å²) in [5, 5.41) is 16.9. The van der Waals surface area contributed by atoms with Crippen molar-refractivity contribution < 1.29 is 4.79 Å². The van der Waals surface area contributed by atoms with E-state index in [1.165, 1.54) is 23.1 Å². The number of hydrogen-bond donors (Lipinski definition) is 1. The maximum Gasteiger partial charge on any atom is 0.260 e. The zero-order chi connectivity index (χ0) is 18.6. The van der Waals surface area contributed by atoms with Crippen molar-refractivity contribution in [2.45, 2.75) is 9.92 Å². The van der Waals surface area contributed by atoms with Crippen molar-refractivity contribution in [2.75, 3.05) is 5.32 Å². The van der Waals surface area contributed by atoms with Crippen molar-refractivity contribution in [3.05, 3.63) is 69.5 Å². The molecular weight excluding hydrogens is 464 g/mol. The minimum atomic E-state index is -0.254. The van der Waals surface area contributed by atoms with Crippen molar-refractivity contribution in [2.24, 2.45) is 0 Å². The van der Waals surface area contributed by atoms with Gasteiger partial charge in [-0.2, -0.15) is 11.3 Å². The molecule has 0 spiro atoms. The van der Waals surface area contributed by atoms with E-state index in [1.807, 2.05) is 41.1 Å². The summed E-state index contributed by atoms with van der Waals surface area (Å²) in [6, 6.07) is 13.3. The lowest BCUT2D eigenvalue weighted by atomic mass is 10.3. The van der Waals surface area contributed by atoms with E-state index in [4.69, 9.17) is 0 Å². The van der Waals surface area contributed by atoms with Gasteiger partial charge in [-0.1, -0.05) is 39.0 Å². The Kier molecular flexibility index (Phi) is 5.63. The number of carbonyl (C=O) groups excluding carboxylic acids is 1. The van der Waals surface area contributed by atoms with Crippen molar-refractivity contribution in [1.82, 2.24) is 15.2 Å². The average Bonchev–Trinajstić information content (AvgIpc) is 3.36. The summed E-state index contributed by atoms with van der Waals surface area (Å²) in [6.45, 7) is 0. The summed E-state index contributed by atoms with van der Waals surface area (Å²) < 4.78 is 1.00. The van der Waals surface area contributed by atoms with E-state index in [0.29, 0.717) is 15.7 Å². The molecule has 4 rings (SSSR count). The summed E-state index contributed by atoms with van der Waals surface area (Å²) in [4.78, 5) is 18.1. The average molecular weight is 475 g/mol. The first-order chi connectivity index (χ1) is 13.2. The normalized spacial score (nSPS) is 10.7. The Hall–Kier alpha value is -2.07. The number of carbonyl (C=O) groups is 1. The van der Waals surface area contributed by atoms with E-state index in [-0.39, 0.29) is 5.91 Å². The summed E-state index contributed by atoms with van der Waals surface area (Å²) in [7, 11) is 0. The number of nitrogens with one attached hydrogen (secondary N) is 1. The Bertz CT molecular complexity index is 1060. The van der Waals surface area contributed by atoms with Gasteiger partial charge in [-0.05, 0) is 47.8 Å². The molecule has 0 aliphatic rings. The third-order valence-corrected chi connectivity index (χ3v) is 6.58. The maximum atomic E-state index is 12.7. The van der Waals surface area contributed by atoms with E-state index < -0.39 is 0 Å². The highest BCUT2D eigenvalue weighted by Gasteiger charge is 2.16. The fourth-order valence-corrected chi connectivity index (χ4v) is 4.79. The molecule has 1 amide bonds. The molecule has 1 N–H and O–H groups in total. The molecule has 9 heteroatoms. The second-order valence-corrected chi connectivity index (χ2v) is 9.03. The molecule has 0 aliphatic carbocycles. The number of aromatic nitrogens is 3. The SMILES string of the molecule is O=C(Nc1nnc(-c2ccsc2)s1)c1cccnc1Sc1ccc(Br)cc1. The Morgan fingerprint density at radius 3 is 2.74 bits per heavy atom. The van der Waals surface area contributed by atoms with Crippen molar-refractivity contribution in [3.8, 4) is 10.6 Å². The second-order valence-electron chi connectivity index (χ2n) is 5.29. The van der Waals surface area contributed by atoms with Crippen LogP contribution < -0.4 is 5.32 Å². The van der Waals surface area contributed by atoms with Crippen LogP contribution in [0.1, 0.15) is 10.4 Å². The Labute approximate surface area is 176 Å². The van der Waals surface area contributed by atoms with Gasteiger partial charge in [-0.15, -0.1) is 10.2 Å². The first-order valence-corrected chi connectivity index (χ1v) is 11.1. The van der Waals surface area contributed by atoms with Gasteiger partial charge in [-0.3, -0.25) is 10.1 Å². The highest BCUT2D eigenvalue weighted by atomic mass is 79.9. The molecule has 4 aromatic rings. The first kappa shape index (κ1) is 18.3. The molecular formula is C18H11BrN4OS3. The van der Waals surface area contributed by atoms with Gasteiger partial charge in [0.2, 0.25) is 5.13 Å². The van der Waals surface area contributed by atoms with Crippen LogP contribution in [0.2, 0.25) is 0 Å². The lowest BCUT2D eigenvalue weighted by Gasteiger charge is -2.07. The molecule has 0 fully saturated rings. The smallest absolute Gasteiger partial charge is 0.260 e. The fourth-order valence-electron chi connectivity index (χ4n) is 2.20. The third kappa shape index (κ3) is 4.44. The first-order valence-electron chi connectivity index (χ1n) is 7.75. The number of amides is 1. The number of rotatable bonds is 5. The molecule has 134 valence electrons. The predicted molar refractivity (Wildman–Crippen MR) is 114 cm³/mol. The zero-order valence-corrected chi connectivity index (χ0v) is 17.7. The molecule has 3 heterocycles. The van der Waals surface area contributed by atoms with E-state index in [9.17, 15) is 4.79 Å². The van der Waals surface area contributed by atoms with Crippen molar-refractivity contribution in [1.29, 1.82) is 0 Å². The summed E-state index contributed by atoms with van der Waals surface area (Å²) in [5.41, 5.74) is 1.50. The summed E-state index contributed by atoms with van der Waals surface area (Å²) in [5.74, 6) is -0.254. The van der Waals surface area contributed by atoms with Crippen LogP contribution in [0.4, 0.5) is 5.13 Å². The topological polar surface area (TPSA) is 67.8 Å². The molecule has 27 heavy (non-hydrogen) atoms. The standard InChI is InChI=1S/C18H11BrN4OS3/c19-12-3-5-13(6-4-12)26-17-14(2-1-8-20-17)15(24)21-18-23-22-16(27-18)11-7-9-25-10-11/h1-10H,(H,21,23,24). The molecule has 0 radical (unpaired) electrons. The van der Waals surface area contributed by atoms with E-state index in [0.717, 1.165) is 19.9 Å². The molecule has 5 nitrogen and oxygen atoms in total. The van der Waals surface area contributed by atoms with Crippen LogP contribution in [0.15, 0.2) is 73.8 Å². The monoisotopic (exact) mass is 474 g/mol. The Morgan fingerprint density at radius 2 is 1.96 bits per heavy atom. The number of anilines is 1. The van der Waals surface area contributed by atoms with Gasteiger partial charge in [0.15, 0.2) is 0 Å². The van der Waals surface area contributed by atoms with Crippen LogP contribution in [0.5, 0.6) is 0 Å². The molecule has 0 saturated heterocycles. The van der Waals surface area contributed by atoms with E-state index in [1.54, 1.807) is 29.7 Å². The number of pyridine rings is 1. The lowest BCUT2D eigenvalue weighted by Crippen LogP contribution is -2.13. The number of benzene rings is 1. The molecule has 0 aliphatic heterocycles.